The van der Waals surface area contributed by atoms with Gasteiger partial charge in [-0.15, -0.1) is 0 Å². The predicted octanol–water partition coefficient (Wildman–Crippen LogP) is 2.04. The molecule has 1 aromatic rings. The number of nitrogens with two attached hydrogens (primary N) is 2. The molecule has 1 aromatic carbocycles. The first-order chi connectivity index (χ1) is 9.63. The molecule has 1 rings (SSSR count). The zero-order valence-corrected chi connectivity index (χ0v) is 12.3. The van der Waals surface area contributed by atoms with Gasteiger partial charge in [-0.25, -0.2) is 5.84 Å². The van der Waals surface area contributed by atoms with E-state index in [-0.39, 0.29) is 5.91 Å². The van der Waals surface area contributed by atoms with Crippen LogP contribution in [0.1, 0.15) is 38.5 Å². The zero-order chi connectivity index (χ0) is 14.8. The van der Waals surface area contributed by atoms with Crippen molar-refractivity contribution >= 4 is 17.3 Å². The van der Waals surface area contributed by atoms with E-state index in [1.807, 2.05) is 24.3 Å². The van der Waals surface area contributed by atoms with Gasteiger partial charge in [-0.2, -0.15) is 0 Å². The van der Waals surface area contributed by atoms with Gasteiger partial charge >= 0.3 is 0 Å². The first kappa shape index (κ1) is 16.3. The molecule has 5 N–H and O–H groups in total. The summed E-state index contributed by atoms with van der Waals surface area (Å²) < 4.78 is 0. The number of rotatable bonds is 9. The Morgan fingerprint density at radius 3 is 2.35 bits per heavy atom. The van der Waals surface area contributed by atoms with Crippen molar-refractivity contribution in [2.45, 2.75) is 38.5 Å². The quantitative estimate of drug-likeness (QED) is 0.212. The Morgan fingerprint density at radius 1 is 1.10 bits per heavy atom. The second-order valence-corrected chi connectivity index (χ2v) is 5.10. The molecule has 0 spiro atoms. The number of carbonyl (C=O) groups excluding carboxylic acids is 1. The maximum atomic E-state index is 10.9. The van der Waals surface area contributed by atoms with E-state index in [0.717, 1.165) is 37.9 Å². The van der Waals surface area contributed by atoms with Gasteiger partial charge in [-0.1, -0.05) is 19.3 Å². The lowest BCUT2D eigenvalue weighted by molar-refractivity contribution is -0.121. The smallest absolute Gasteiger partial charge is 0.233 e. The summed E-state index contributed by atoms with van der Waals surface area (Å²) in [5, 5.41) is 0. The van der Waals surface area contributed by atoms with Crippen LogP contribution in [0.2, 0.25) is 0 Å². The molecular weight excluding hydrogens is 252 g/mol. The maximum absolute atomic E-state index is 10.9. The van der Waals surface area contributed by atoms with Crippen molar-refractivity contribution in [3.8, 4) is 0 Å². The van der Waals surface area contributed by atoms with E-state index in [2.05, 4.69) is 17.4 Å². The Labute approximate surface area is 121 Å². The third-order valence-corrected chi connectivity index (χ3v) is 3.39. The number of anilines is 2. The molecule has 0 unspecified atom stereocenters. The van der Waals surface area contributed by atoms with E-state index in [1.165, 1.54) is 12.1 Å². The molecule has 20 heavy (non-hydrogen) atoms. The Hall–Kier alpha value is -1.75. The molecule has 0 aliphatic rings. The summed E-state index contributed by atoms with van der Waals surface area (Å²) in [4.78, 5) is 13.2. The number of carbonyl (C=O) groups is 1. The van der Waals surface area contributed by atoms with E-state index >= 15 is 0 Å². The standard InChI is InChI=1S/C15H26N4O/c1-19(14-10-8-13(16)9-11-14)12-6-4-2-3-5-7-15(20)18-17/h8-11H,2-7,12,16-17H2,1H3,(H,18,20). The highest BCUT2D eigenvalue weighted by Crippen LogP contribution is 2.15. The van der Waals surface area contributed by atoms with Gasteiger partial charge in [0.2, 0.25) is 5.91 Å². The van der Waals surface area contributed by atoms with Crippen LogP contribution in [0.5, 0.6) is 0 Å². The summed E-state index contributed by atoms with van der Waals surface area (Å²) in [6.45, 7) is 1.03. The van der Waals surface area contributed by atoms with Gasteiger partial charge in [0.1, 0.15) is 0 Å². The number of nitrogen functional groups attached to an aromatic ring is 1. The van der Waals surface area contributed by atoms with E-state index in [4.69, 9.17) is 11.6 Å². The van der Waals surface area contributed by atoms with Gasteiger partial charge < -0.3 is 10.6 Å². The van der Waals surface area contributed by atoms with Crippen molar-refractivity contribution in [3.05, 3.63) is 24.3 Å². The molecule has 0 aliphatic heterocycles. The average molecular weight is 278 g/mol. The monoisotopic (exact) mass is 278 g/mol. The fourth-order valence-corrected chi connectivity index (χ4v) is 2.09. The van der Waals surface area contributed by atoms with Crippen LogP contribution < -0.4 is 21.9 Å². The molecule has 0 saturated heterocycles. The van der Waals surface area contributed by atoms with Crippen LogP contribution in [0.4, 0.5) is 11.4 Å². The highest BCUT2D eigenvalue weighted by atomic mass is 16.2. The summed E-state index contributed by atoms with van der Waals surface area (Å²) in [6.07, 6.45) is 6.03. The Balaban J connectivity index is 2.06. The summed E-state index contributed by atoms with van der Waals surface area (Å²) in [6, 6.07) is 7.93. The minimum Gasteiger partial charge on any atom is -0.399 e. The molecule has 0 radical (unpaired) electrons. The SMILES string of the molecule is CN(CCCCCCCC(=O)NN)c1ccc(N)cc1. The van der Waals surface area contributed by atoms with Gasteiger partial charge in [0.15, 0.2) is 0 Å². The van der Waals surface area contributed by atoms with E-state index in [1.54, 1.807) is 0 Å². The number of hydrogen-bond donors (Lipinski definition) is 3. The molecule has 1 amide bonds. The second kappa shape index (κ2) is 9.20. The fourth-order valence-electron chi connectivity index (χ4n) is 2.09. The number of hydrazine groups is 1. The first-order valence-electron chi connectivity index (χ1n) is 7.19. The van der Waals surface area contributed by atoms with Crippen LogP contribution in [0.3, 0.4) is 0 Å². The average Bonchev–Trinajstić information content (AvgIpc) is 2.46. The lowest BCUT2D eigenvalue weighted by Crippen LogP contribution is -2.29. The van der Waals surface area contributed by atoms with Crippen molar-refractivity contribution in [3.63, 3.8) is 0 Å². The summed E-state index contributed by atoms with van der Waals surface area (Å²) >= 11 is 0. The van der Waals surface area contributed by atoms with Crippen LogP contribution >= 0.6 is 0 Å². The Morgan fingerprint density at radius 2 is 1.70 bits per heavy atom. The number of nitrogens with zero attached hydrogens (tertiary/aromatic N) is 1. The minimum absolute atomic E-state index is 0.0758. The first-order valence-corrected chi connectivity index (χ1v) is 7.19. The normalized spacial score (nSPS) is 10.3. The van der Waals surface area contributed by atoms with Gasteiger partial charge in [0, 0.05) is 31.4 Å². The molecule has 0 fully saturated rings. The largest absolute Gasteiger partial charge is 0.399 e. The van der Waals surface area contributed by atoms with Crippen LogP contribution in [0.25, 0.3) is 0 Å². The zero-order valence-electron chi connectivity index (χ0n) is 12.3. The minimum atomic E-state index is -0.0758. The molecule has 5 heteroatoms. The number of amides is 1. The van der Waals surface area contributed by atoms with Crippen LogP contribution in [-0.4, -0.2) is 19.5 Å². The van der Waals surface area contributed by atoms with Crippen LogP contribution in [-0.2, 0) is 4.79 Å². The number of unbranched alkanes of at least 4 members (excludes halogenated alkanes) is 4. The van der Waals surface area contributed by atoms with E-state index < -0.39 is 0 Å². The summed E-state index contributed by atoms with van der Waals surface area (Å²) in [7, 11) is 2.09. The molecule has 0 aliphatic carbocycles. The third kappa shape index (κ3) is 6.43. The third-order valence-electron chi connectivity index (χ3n) is 3.39. The lowest BCUT2D eigenvalue weighted by Gasteiger charge is -2.19. The number of nitrogens with one attached hydrogen (secondary N) is 1. The fraction of sp³-hybridized carbons (Fsp3) is 0.533. The topological polar surface area (TPSA) is 84.4 Å². The molecule has 0 heterocycles. The molecule has 0 bridgehead atoms. The lowest BCUT2D eigenvalue weighted by atomic mass is 10.1. The number of hydrogen-bond acceptors (Lipinski definition) is 4. The summed E-state index contributed by atoms with van der Waals surface area (Å²) in [5.74, 6) is 4.94. The Bertz CT molecular complexity index is 391. The molecule has 0 saturated carbocycles. The predicted molar refractivity (Wildman–Crippen MR) is 84.2 cm³/mol. The second-order valence-electron chi connectivity index (χ2n) is 5.10. The Kier molecular flexibility index (Phi) is 7.50. The maximum Gasteiger partial charge on any atom is 0.233 e. The van der Waals surface area contributed by atoms with Crippen molar-refractivity contribution in [2.75, 3.05) is 24.2 Å². The van der Waals surface area contributed by atoms with Gasteiger partial charge in [0.25, 0.3) is 0 Å². The van der Waals surface area contributed by atoms with E-state index in [0.29, 0.717) is 6.42 Å². The van der Waals surface area contributed by atoms with Gasteiger partial charge in [-0.05, 0) is 37.1 Å². The molecule has 0 aromatic heterocycles. The van der Waals surface area contributed by atoms with Crippen LogP contribution in [0, 0.1) is 0 Å². The van der Waals surface area contributed by atoms with Crippen molar-refractivity contribution in [2.24, 2.45) is 5.84 Å². The van der Waals surface area contributed by atoms with Crippen molar-refractivity contribution in [1.29, 1.82) is 0 Å². The highest BCUT2D eigenvalue weighted by Gasteiger charge is 2.01. The summed E-state index contributed by atoms with van der Waals surface area (Å²) in [5.41, 5.74) is 9.81. The molecule has 0 atom stereocenters. The van der Waals surface area contributed by atoms with E-state index in [9.17, 15) is 4.79 Å². The molecular formula is C15H26N4O. The van der Waals surface area contributed by atoms with Crippen molar-refractivity contribution in [1.82, 2.24) is 5.43 Å². The van der Waals surface area contributed by atoms with Crippen molar-refractivity contribution < 1.29 is 4.79 Å². The molecule has 112 valence electrons. The number of benzene rings is 1. The van der Waals surface area contributed by atoms with Gasteiger partial charge in [0.05, 0.1) is 0 Å². The highest BCUT2D eigenvalue weighted by molar-refractivity contribution is 5.75. The molecule has 5 nitrogen and oxygen atoms in total. The van der Waals surface area contributed by atoms with Gasteiger partial charge in [-0.3, -0.25) is 10.2 Å². The van der Waals surface area contributed by atoms with Crippen LogP contribution in [0.15, 0.2) is 24.3 Å².